The summed E-state index contributed by atoms with van der Waals surface area (Å²) in [5.41, 5.74) is 1.46. The Morgan fingerprint density at radius 3 is 2.58 bits per heavy atom. The van der Waals surface area contributed by atoms with E-state index < -0.39 is 0 Å². The van der Waals surface area contributed by atoms with Gasteiger partial charge in [-0.05, 0) is 17.7 Å². The minimum Gasteiger partial charge on any atom is -0.493 e. The Bertz CT molecular complexity index is 792. The Balaban J connectivity index is 1.67. The zero-order chi connectivity index (χ0) is 18.5. The van der Waals surface area contributed by atoms with Gasteiger partial charge in [-0.25, -0.2) is 0 Å². The van der Waals surface area contributed by atoms with Crippen molar-refractivity contribution in [3.63, 3.8) is 0 Å². The fourth-order valence-corrected chi connectivity index (χ4v) is 3.15. The molecule has 1 heterocycles. The van der Waals surface area contributed by atoms with Crippen molar-refractivity contribution < 1.29 is 19.1 Å². The Kier molecular flexibility index (Phi) is 5.41. The number of para-hydroxylation sites is 1. The maximum atomic E-state index is 12.6. The highest BCUT2D eigenvalue weighted by atomic mass is 16.5. The number of benzene rings is 2. The molecule has 1 saturated heterocycles. The number of amides is 2. The summed E-state index contributed by atoms with van der Waals surface area (Å²) < 4.78 is 10.5. The van der Waals surface area contributed by atoms with Gasteiger partial charge in [-0.3, -0.25) is 9.59 Å². The molecule has 1 atom stereocenters. The molecule has 1 aliphatic heterocycles. The standard InChI is InChI=1S/C20H22N2O4/c1-25-17-10-6-9-16(19(17)26-2)20(24)21-15-11-18(23)22(13-15)12-14-7-4-3-5-8-14/h3-10,15H,11-13H2,1-2H3,(H,21,24)/t15-/m0/s1. The largest absolute Gasteiger partial charge is 0.493 e. The van der Waals surface area contributed by atoms with Crippen molar-refractivity contribution in [1.29, 1.82) is 0 Å². The highest BCUT2D eigenvalue weighted by Crippen LogP contribution is 2.30. The number of carbonyl (C=O) groups excluding carboxylic acids is 2. The second kappa shape index (κ2) is 7.91. The van der Waals surface area contributed by atoms with Gasteiger partial charge in [0.1, 0.15) is 0 Å². The van der Waals surface area contributed by atoms with E-state index in [1.165, 1.54) is 14.2 Å². The first-order valence-corrected chi connectivity index (χ1v) is 8.46. The van der Waals surface area contributed by atoms with E-state index in [1.54, 1.807) is 23.1 Å². The van der Waals surface area contributed by atoms with E-state index in [-0.39, 0.29) is 17.9 Å². The minimum atomic E-state index is -0.278. The first kappa shape index (κ1) is 17.8. The fourth-order valence-electron chi connectivity index (χ4n) is 3.15. The first-order valence-electron chi connectivity index (χ1n) is 8.46. The third-order valence-corrected chi connectivity index (χ3v) is 4.41. The quantitative estimate of drug-likeness (QED) is 0.864. The summed E-state index contributed by atoms with van der Waals surface area (Å²) in [5.74, 6) is 0.642. The number of rotatable bonds is 6. The van der Waals surface area contributed by atoms with Gasteiger partial charge in [0.05, 0.1) is 25.8 Å². The highest BCUT2D eigenvalue weighted by Gasteiger charge is 2.31. The molecular weight excluding hydrogens is 332 g/mol. The van der Waals surface area contributed by atoms with Gasteiger partial charge in [0, 0.05) is 19.5 Å². The molecule has 0 spiro atoms. The second-order valence-electron chi connectivity index (χ2n) is 6.18. The van der Waals surface area contributed by atoms with Gasteiger partial charge in [0.15, 0.2) is 11.5 Å². The van der Waals surface area contributed by atoms with Gasteiger partial charge in [0.2, 0.25) is 5.91 Å². The minimum absolute atomic E-state index is 0.0387. The zero-order valence-corrected chi connectivity index (χ0v) is 14.9. The van der Waals surface area contributed by atoms with Crippen molar-refractivity contribution in [2.24, 2.45) is 0 Å². The summed E-state index contributed by atoms with van der Waals surface area (Å²) >= 11 is 0. The van der Waals surface area contributed by atoms with Crippen LogP contribution in [0.25, 0.3) is 0 Å². The van der Waals surface area contributed by atoms with Crippen LogP contribution in [0.3, 0.4) is 0 Å². The van der Waals surface area contributed by atoms with E-state index in [0.717, 1.165) is 5.56 Å². The van der Waals surface area contributed by atoms with Crippen LogP contribution in [-0.2, 0) is 11.3 Å². The molecule has 2 aromatic carbocycles. The van der Waals surface area contributed by atoms with Crippen LogP contribution in [0.15, 0.2) is 48.5 Å². The lowest BCUT2D eigenvalue weighted by Gasteiger charge is -2.18. The van der Waals surface area contributed by atoms with E-state index in [4.69, 9.17) is 9.47 Å². The molecule has 0 aliphatic carbocycles. The van der Waals surface area contributed by atoms with Crippen LogP contribution >= 0.6 is 0 Å². The monoisotopic (exact) mass is 354 g/mol. The molecule has 136 valence electrons. The molecule has 0 unspecified atom stereocenters. The van der Waals surface area contributed by atoms with Crippen molar-refractivity contribution >= 4 is 11.8 Å². The molecule has 2 amide bonds. The van der Waals surface area contributed by atoms with Gasteiger partial charge >= 0.3 is 0 Å². The summed E-state index contributed by atoms with van der Waals surface area (Å²) in [5, 5.41) is 2.93. The smallest absolute Gasteiger partial charge is 0.255 e. The first-order chi connectivity index (χ1) is 12.6. The third-order valence-electron chi connectivity index (χ3n) is 4.41. The van der Waals surface area contributed by atoms with Crippen LogP contribution in [0.4, 0.5) is 0 Å². The lowest BCUT2D eigenvalue weighted by molar-refractivity contribution is -0.128. The Hall–Kier alpha value is -3.02. The summed E-state index contributed by atoms with van der Waals surface area (Å²) in [6, 6.07) is 14.7. The summed E-state index contributed by atoms with van der Waals surface area (Å²) in [4.78, 5) is 26.7. The van der Waals surface area contributed by atoms with Crippen molar-refractivity contribution in [2.45, 2.75) is 19.0 Å². The van der Waals surface area contributed by atoms with E-state index >= 15 is 0 Å². The molecule has 2 aromatic rings. The summed E-state index contributed by atoms with van der Waals surface area (Å²) in [6.45, 7) is 1.04. The number of nitrogens with zero attached hydrogens (tertiary/aromatic N) is 1. The average molecular weight is 354 g/mol. The maximum Gasteiger partial charge on any atom is 0.255 e. The molecule has 1 aliphatic rings. The number of hydrogen-bond acceptors (Lipinski definition) is 4. The molecule has 0 radical (unpaired) electrons. The average Bonchev–Trinajstić information content (AvgIpc) is 3.00. The van der Waals surface area contributed by atoms with Crippen LogP contribution in [0.1, 0.15) is 22.3 Å². The van der Waals surface area contributed by atoms with Crippen molar-refractivity contribution in [2.75, 3.05) is 20.8 Å². The normalized spacial score (nSPS) is 16.5. The Morgan fingerprint density at radius 2 is 1.88 bits per heavy atom. The van der Waals surface area contributed by atoms with Crippen LogP contribution in [0.2, 0.25) is 0 Å². The maximum absolute atomic E-state index is 12.6. The molecule has 6 heteroatoms. The third kappa shape index (κ3) is 3.79. The number of likely N-dealkylation sites (tertiary alicyclic amines) is 1. The lowest BCUT2D eigenvalue weighted by atomic mass is 10.1. The van der Waals surface area contributed by atoms with Gasteiger partial charge < -0.3 is 19.7 Å². The van der Waals surface area contributed by atoms with E-state index in [1.807, 2.05) is 30.3 Å². The second-order valence-corrected chi connectivity index (χ2v) is 6.18. The van der Waals surface area contributed by atoms with E-state index in [0.29, 0.717) is 36.6 Å². The Morgan fingerprint density at radius 1 is 1.12 bits per heavy atom. The highest BCUT2D eigenvalue weighted by molar-refractivity contribution is 5.98. The molecule has 1 N–H and O–H groups in total. The number of methoxy groups -OCH3 is 2. The van der Waals surface area contributed by atoms with Crippen molar-refractivity contribution in [1.82, 2.24) is 10.2 Å². The van der Waals surface area contributed by atoms with Crippen LogP contribution in [0.5, 0.6) is 11.5 Å². The molecule has 26 heavy (non-hydrogen) atoms. The van der Waals surface area contributed by atoms with E-state index in [2.05, 4.69) is 5.32 Å². The van der Waals surface area contributed by atoms with Crippen molar-refractivity contribution in [3.8, 4) is 11.5 Å². The number of nitrogens with one attached hydrogen (secondary N) is 1. The van der Waals surface area contributed by atoms with Gasteiger partial charge in [-0.2, -0.15) is 0 Å². The summed E-state index contributed by atoms with van der Waals surface area (Å²) in [6.07, 6.45) is 0.296. The number of hydrogen-bond donors (Lipinski definition) is 1. The van der Waals surface area contributed by atoms with Crippen LogP contribution in [0, 0.1) is 0 Å². The molecule has 3 rings (SSSR count). The predicted octanol–water partition coefficient (Wildman–Crippen LogP) is 2.23. The number of ether oxygens (including phenoxy) is 2. The topological polar surface area (TPSA) is 67.9 Å². The summed E-state index contributed by atoms with van der Waals surface area (Å²) in [7, 11) is 3.02. The van der Waals surface area contributed by atoms with Gasteiger partial charge in [0.25, 0.3) is 5.91 Å². The molecule has 6 nitrogen and oxygen atoms in total. The predicted molar refractivity (Wildman–Crippen MR) is 97.3 cm³/mol. The van der Waals surface area contributed by atoms with Crippen LogP contribution < -0.4 is 14.8 Å². The Labute approximate surface area is 152 Å². The fraction of sp³-hybridized carbons (Fsp3) is 0.300. The molecule has 0 aromatic heterocycles. The lowest BCUT2D eigenvalue weighted by Crippen LogP contribution is -2.37. The number of carbonyl (C=O) groups is 2. The van der Waals surface area contributed by atoms with Crippen molar-refractivity contribution in [3.05, 3.63) is 59.7 Å². The molecule has 1 fully saturated rings. The van der Waals surface area contributed by atoms with Gasteiger partial charge in [-0.15, -0.1) is 0 Å². The molecule has 0 bridgehead atoms. The molecular formula is C20H22N2O4. The SMILES string of the molecule is COc1cccc(C(=O)N[C@H]2CC(=O)N(Cc3ccccc3)C2)c1OC. The zero-order valence-electron chi connectivity index (χ0n) is 14.9. The van der Waals surface area contributed by atoms with Gasteiger partial charge in [-0.1, -0.05) is 36.4 Å². The molecule has 0 saturated carbocycles. The van der Waals surface area contributed by atoms with E-state index in [9.17, 15) is 9.59 Å². The van der Waals surface area contributed by atoms with Crippen LogP contribution in [-0.4, -0.2) is 43.5 Å².